The molecule has 0 amide bonds. The number of para-hydroxylation sites is 2. The fraction of sp³-hybridized carbons (Fsp3) is 0.600. The van der Waals surface area contributed by atoms with Crippen LogP contribution in [0.5, 0.6) is 0 Å². The van der Waals surface area contributed by atoms with Gasteiger partial charge in [-0.05, 0) is 17.5 Å². The van der Waals surface area contributed by atoms with Gasteiger partial charge in [0.25, 0.3) is 0 Å². The van der Waals surface area contributed by atoms with Crippen LogP contribution >= 0.6 is 0 Å². The van der Waals surface area contributed by atoms with Crippen molar-refractivity contribution in [3.63, 3.8) is 0 Å². The van der Waals surface area contributed by atoms with Crippen molar-refractivity contribution < 1.29 is 0 Å². The zero-order valence-electron chi connectivity index (χ0n) is 11.8. The van der Waals surface area contributed by atoms with Gasteiger partial charge in [0.2, 0.25) is 0 Å². The van der Waals surface area contributed by atoms with Crippen LogP contribution in [-0.4, -0.2) is 37.6 Å². The Morgan fingerprint density at radius 2 is 1.67 bits per heavy atom. The average molecular weight is 247 g/mol. The number of nitrogen functional groups attached to an aromatic ring is 1. The van der Waals surface area contributed by atoms with Crippen LogP contribution in [0.4, 0.5) is 11.4 Å². The molecular weight excluding hydrogens is 222 g/mol. The quantitative estimate of drug-likeness (QED) is 0.815. The van der Waals surface area contributed by atoms with Crippen LogP contribution in [-0.2, 0) is 0 Å². The summed E-state index contributed by atoms with van der Waals surface area (Å²) in [5.41, 5.74) is 8.49. The number of piperazine rings is 1. The summed E-state index contributed by atoms with van der Waals surface area (Å²) in [6, 6.07) is 8.16. The fourth-order valence-electron chi connectivity index (χ4n) is 2.59. The lowest BCUT2D eigenvalue weighted by molar-refractivity contribution is 0.182. The molecule has 0 spiro atoms. The number of nitrogens with zero attached hydrogens (tertiary/aromatic N) is 2. The molecule has 3 heteroatoms. The van der Waals surface area contributed by atoms with Crippen LogP contribution in [0.25, 0.3) is 0 Å². The highest BCUT2D eigenvalue weighted by Crippen LogP contribution is 2.24. The van der Waals surface area contributed by atoms with Crippen LogP contribution in [0.15, 0.2) is 24.3 Å². The van der Waals surface area contributed by atoms with Crippen LogP contribution in [0, 0.1) is 5.41 Å². The first-order valence-electron chi connectivity index (χ1n) is 6.77. The van der Waals surface area contributed by atoms with Crippen LogP contribution in [0.2, 0.25) is 0 Å². The second kappa shape index (κ2) is 5.19. The van der Waals surface area contributed by atoms with Crippen molar-refractivity contribution in [3.8, 4) is 0 Å². The Hall–Kier alpha value is -1.22. The summed E-state index contributed by atoms with van der Waals surface area (Å²) in [7, 11) is 0. The first-order chi connectivity index (χ1) is 8.46. The molecule has 0 aromatic heterocycles. The minimum absolute atomic E-state index is 0.383. The van der Waals surface area contributed by atoms with Crippen molar-refractivity contribution in [1.29, 1.82) is 0 Å². The summed E-state index contributed by atoms with van der Waals surface area (Å²) in [6.45, 7) is 12.5. The predicted molar refractivity (Wildman–Crippen MR) is 79.0 cm³/mol. The highest BCUT2D eigenvalue weighted by Gasteiger charge is 2.22. The van der Waals surface area contributed by atoms with Gasteiger partial charge in [0.05, 0.1) is 11.4 Å². The molecule has 18 heavy (non-hydrogen) atoms. The average Bonchev–Trinajstić information content (AvgIpc) is 2.29. The maximum atomic E-state index is 6.03. The van der Waals surface area contributed by atoms with Crippen LogP contribution in [0.3, 0.4) is 0 Å². The zero-order chi connectivity index (χ0) is 13.2. The molecule has 0 aliphatic carbocycles. The van der Waals surface area contributed by atoms with Gasteiger partial charge in [0, 0.05) is 32.7 Å². The highest BCUT2D eigenvalue weighted by molar-refractivity contribution is 5.67. The minimum atomic E-state index is 0.383. The number of nitrogens with two attached hydrogens (primary N) is 1. The smallest absolute Gasteiger partial charge is 0.0600 e. The molecule has 1 saturated heterocycles. The zero-order valence-corrected chi connectivity index (χ0v) is 11.8. The third kappa shape index (κ3) is 3.39. The highest BCUT2D eigenvalue weighted by atomic mass is 15.3. The van der Waals surface area contributed by atoms with E-state index < -0.39 is 0 Å². The SMILES string of the molecule is CC(C)(C)CN1CCN(c2ccccc2N)CC1. The lowest BCUT2D eigenvalue weighted by atomic mass is 9.96. The van der Waals surface area contributed by atoms with Gasteiger partial charge in [-0.15, -0.1) is 0 Å². The third-order valence-corrected chi connectivity index (χ3v) is 3.35. The number of anilines is 2. The first-order valence-corrected chi connectivity index (χ1v) is 6.77. The fourth-order valence-corrected chi connectivity index (χ4v) is 2.59. The monoisotopic (exact) mass is 247 g/mol. The second-order valence-corrected chi connectivity index (χ2v) is 6.38. The van der Waals surface area contributed by atoms with Gasteiger partial charge in [-0.2, -0.15) is 0 Å². The van der Waals surface area contributed by atoms with Gasteiger partial charge in [-0.1, -0.05) is 32.9 Å². The summed E-state index contributed by atoms with van der Waals surface area (Å²) >= 11 is 0. The topological polar surface area (TPSA) is 32.5 Å². The molecule has 2 rings (SSSR count). The molecule has 1 aromatic rings. The maximum Gasteiger partial charge on any atom is 0.0600 e. The van der Waals surface area contributed by atoms with E-state index in [0.717, 1.165) is 31.9 Å². The Morgan fingerprint density at radius 3 is 2.22 bits per heavy atom. The molecule has 0 atom stereocenters. The second-order valence-electron chi connectivity index (χ2n) is 6.38. The molecule has 0 unspecified atom stereocenters. The van der Waals surface area contributed by atoms with Crippen LogP contribution < -0.4 is 10.6 Å². The van der Waals surface area contributed by atoms with E-state index in [9.17, 15) is 0 Å². The van der Waals surface area contributed by atoms with Crippen molar-refractivity contribution in [2.24, 2.45) is 5.41 Å². The number of rotatable bonds is 2. The summed E-state index contributed by atoms with van der Waals surface area (Å²) in [4.78, 5) is 4.95. The Labute approximate surface area is 111 Å². The Kier molecular flexibility index (Phi) is 3.81. The van der Waals surface area contributed by atoms with Crippen molar-refractivity contribution in [2.75, 3.05) is 43.4 Å². The third-order valence-electron chi connectivity index (χ3n) is 3.35. The normalized spacial score (nSPS) is 18.1. The lowest BCUT2D eigenvalue weighted by Gasteiger charge is -2.39. The van der Waals surface area contributed by atoms with Crippen molar-refractivity contribution in [3.05, 3.63) is 24.3 Å². The van der Waals surface area contributed by atoms with Gasteiger partial charge in [0.15, 0.2) is 0 Å². The molecule has 2 N–H and O–H groups in total. The minimum Gasteiger partial charge on any atom is -0.397 e. The molecule has 0 radical (unpaired) electrons. The summed E-state index contributed by atoms with van der Waals surface area (Å²) in [5.74, 6) is 0. The van der Waals surface area contributed by atoms with E-state index in [1.807, 2.05) is 12.1 Å². The van der Waals surface area contributed by atoms with Gasteiger partial charge >= 0.3 is 0 Å². The number of hydrogen-bond acceptors (Lipinski definition) is 3. The molecular formula is C15H25N3. The Bertz CT molecular complexity index is 387. The summed E-state index contributed by atoms with van der Waals surface area (Å²) in [6.07, 6.45) is 0. The van der Waals surface area contributed by atoms with Crippen molar-refractivity contribution in [1.82, 2.24) is 4.90 Å². The van der Waals surface area contributed by atoms with Crippen LogP contribution in [0.1, 0.15) is 20.8 Å². The molecule has 3 nitrogen and oxygen atoms in total. The van der Waals surface area contributed by atoms with E-state index in [0.29, 0.717) is 5.41 Å². The first kappa shape index (κ1) is 13.2. The number of hydrogen-bond donors (Lipinski definition) is 1. The molecule has 1 fully saturated rings. The molecule has 0 bridgehead atoms. The molecule has 0 saturated carbocycles. The van der Waals surface area contributed by atoms with E-state index in [1.54, 1.807) is 0 Å². The Balaban J connectivity index is 1.93. The Morgan fingerprint density at radius 1 is 1.06 bits per heavy atom. The van der Waals surface area contributed by atoms with E-state index in [4.69, 9.17) is 5.73 Å². The molecule has 1 aromatic carbocycles. The number of benzene rings is 1. The van der Waals surface area contributed by atoms with Gasteiger partial charge < -0.3 is 10.6 Å². The summed E-state index contributed by atoms with van der Waals surface area (Å²) in [5, 5.41) is 0. The lowest BCUT2D eigenvalue weighted by Crippen LogP contribution is -2.48. The van der Waals surface area contributed by atoms with Crippen molar-refractivity contribution in [2.45, 2.75) is 20.8 Å². The van der Waals surface area contributed by atoms with E-state index >= 15 is 0 Å². The van der Waals surface area contributed by atoms with Gasteiger partial charge in [-0.3, -0.25) is 4.90 Å². The van der Waals surface area contributed by atoms with E-state index in [1.165, 1.54) is 12.2 Å². The van der Waals surface area contributed by atoms with Gasteiger partial charge in [-0.25, -0.2) is 0 Å². The van der Waals surface area contributed by atoms with Gasteiger partial charge in [0.1, 0.15) is 0 Å². The van der Waals surface area contributed by atoms with Crippen molar-refractivity contribution >= 4 is 11.4 Å². The largest absolute Gasteiger partial charge is 0.397 e. The maximum absolute atomic E-state index is 6.03. The molecule has 1 aliphatic heterocycles. The van der Waals surface area contributed by atoms with E-state index in [2.05, 4.69) is 42.7 Å². The standard InChI is InChI=1S/C15H25N3/c1-15(2,3)12-17-8-10-18(11-9-17)14-7-5-4-6-13(14)16/h4-7H,8-12,16H2,1-3H3. The molecule has 100 valence electrons. The molecule has 1 aliphatic rings. The summed E-state index contributed by atoms with van der Waals surface area (Å²) < 4.78 is 0. The van der Waals surface area contributed by atoms with E-state index in [-0.39, 0.29) is 0 Å². The molecule has 1 heterocycles. The predicted octanol–water partition coefficient (Wildman–Crippen LogP) is 2.44.